The molecule has 116 valence electrons. The molecule has 0 atom stereocenters. The molecule has 22 heavy (non-hydrogen) atoms. The van der Waals surface area contributed by atoms with Gasteiger partial charge in [-0.15, -0.1) is 0 Å². The van der Waals surface area contributed by atoms with Crippen molar-refractivity contribution in [3.63, 3.8) is 0 Å². The zero-order valence-corrected chi connectivity index (χ0v) is 12.6. The van der Waals surface area contributed by atoms with Crippen LogP contribution < -0.4 is 15.4 Å². The fourth-order valence-electron chi connectivity index (χ4n) is 2.42. The van der Waals surface area contributed by atoms with Crippen LogP contribution in [0.2, 0.25) is 5.02 Å². The maximum Gasteiger partial charge on any atom is 0.285 e. The number of hydrogen-bond donors (Lipinski definition) is 1. The molecule has 1 N–H and O–H groups in total. The summed E-state index contributed by atoms with van der Waals surface area (Å²) in [5.41, 5.74) is 0.498. The molecule has 0 unspecified atom stereocenters. The number of H-pyrrole nitrogens is 1. The number of halogens is 2. The van der Waals surface area contributed by atoms with Crippen molar-refractivity contribution in [2.75, 3.05) is 36.0 Å². The molecule has 7 nitrogen and oxygen atoms in total. The number of nitrogens with one attached hydrogen (secondary N) is 1. The van der Waals surface area contributed by atoms with Crippen LogP contribution in [0.3, 0.4) is 0 Å². The maximum atomic E-state index is 14.1. The van der Waals surface area contributed by atoms with E-state index in [0.717, 1.165) is 0 Å². The summed E-state index contributed by atoms with van der Waals surface area (Å²) in [4.78, 5) is 23.2. The summed E-state index contributed by atoms with van der Waals surface area (Å²) in [6.07, 6.45) is 2.88. The molecule has 2 aromatic heterocycles. The van der Waals surface area contributed by atoms with Gasteiger partial charge >= 0.3 is 0 Å². The van der Waals surface area contributed by atoms with E-state index in [-0.39, 0.29) is 5.02 Å². The van der Waals surface area contributed by atoms with E-state index in [1.807, 2.05) is 9.80 Å². The number of nitrogens with zero attached hydrogens (tertiary/aromatic N) is 5. The molecule has 1 aliphatic heterocycles. The summed E-state index contributed by atoms with van der Waals surface area (Å²) in [7, 11) is 0. The van der Waals surface area contributed by atoms with Crippen molar-refractivity contribution in [1.29, 1.82) is 0 Å². The summed E-state index contributed by atoms with van der Waals surface area (Å²) in [5.74, 6) is -0.0888. The van der Waals surface area contributed by atoms with Gasteiger partial charge in [0.15, 0.2) is 11.6 Å². The van der Waals surface area contributed by atoms with E-state index in [0.29, 0.717) is 43.4 Å². The number of aromatic nitrogens is 4. The van der Waals surface area contributed by atoms with Gasteiger partial charge in [-0.25, -0.2) is 19.5 Å². The highest BCUT2D eigenvalue weighted by Crippen LogP contribution is 2.24. The van der Waals surface area contributed by atoms with Crippen LogP contribution in [0.15, 0.2) is 17.3 Å². The Morgan fingerprint density at radius 1 is 1.23 bits per heavy atom. The Bertz CT molecular complexity index is 744. The molecule has 9 heteroatoms. The Morgan fingerprint density at radius 2 is 1.91 bits per heavy atom. The van der Waals surface area contributed by atoms with Crippen LogP contribution in [-0.4, -0.2) is 46.3 Å². The smallest absolute Gasteiger partial charge is 0.285 e. The zero-order valence-electron chi connectivity index (χ0n) is 11.9. The van der Waals surface area contributed by atoms with E-state index in [1.54, 1.807) is 6.92 Å². The number of piperazine rings is 1. The average molecular weight is 325 g/mol. The predicted molar refractivity (Wildman–Crippen MR) is 81.0 cm³/mol. The second kappa shape index (κ2) is 5.88. The molecule has 1 fully saturated rings. The van der Waals surface area contributed by atoms with Crippen molar-refractivity contribution < 1.29 is 4.39 Å². The van der Waals surface area contributed by atoms with Crippen molar-refractivity contribution in [3.8, 4) is 0 Å². The van der Waals surface area contributed by atoms with Crippen LogP contribution in [-0.2, 0) is 0 Å². The quantitative estimate of drug-likeness (QED) is 0.887. The molecule has 3 heterocycles. The molecule has 1 saturated heterocycles. The number of aromatic amines is 1. The lowest BCUT2D eigenvalue weighted by atomic mass is 10.2. The van der Waals surface area contributed by atoms with Crippen molar-refractivity contribution in [1.82, 2.24) is 20.2 Å². The van der Waals surface area contributed by atoms with Gasteiger partial charge in [-0.05, 0) is 6.92 Å². The first-order valence-electron chi connectivity index (χ1n) is 6.78. The van der Waals surface area contributed by atoms with Crippen LogP contribution in [0.5, 0.6) is 0 Å². The number of anilines is 2. The van der Waals surface area contributed by atoms with Crippen LogP contribution in [0.1, 0.15) is 5.69 Å². The molecule has 0 radical (unpaired) electrons. The lowest BCUT2D eigenvalue weighted by Gasteiger charge is -2.36. The van der Waals surface area contributed by atoms with E-state index in [4.69, 9.17) is 11.6 Å². The minimum absolute atomic E-state index is 0.118. The van der Waals surface area contributed by atoms with Gasteiger partial charge in [-0.1, -0.05) is 11.6 Å². The minimum atomic E-state index is -0.418. The Morgan fingerprint density at radius 3 is 2.64 bits per heavy atom. The molecule has 2 aromatic rings. The first-order valence-corrected chi connectivity index (χ1v) is 7.16. The molecular formula is C13H14ClFN6O. The normalized spacial score (nSPS) is 15.2. The fourth-order valence-corrected chi connectivity index (χ4v) is 2.63. The lowest BCUT2D eigenvalue weighted by molar-refractivity contribution is 0.574. The van der Waals surface area contributed by atoms with E-state index >= 15 is 0 Å². The van der Waals surface area contributed by atoms with Crippen molar-refractivity contribution >= 4 is 23.1 Å². The van der Waals surface area contributed by atoms with Crippen LogP contribution in [0.25, 0.3) is 0 Å². The van der Waals surface area contributed by atoms with Crippen LogP contribution >= 0.6 is 11.6 Å². The van der Waals surface area contributed by atoms with Crippen LogP contribution in [0, 0.1) is 12.7 Å². The molecule has 0 aromatic carbocycles. The second-order valence-electron chi connectivity index (χ2n) is 4.97. The molecule has 0 spiro atoms. The Hall–Kier alpha value is -2.22. The SMILES string of the molecule is Cc1ncnc(N2CCN(c3cn[nH]c(=O)c3Cl)CC2)c1F. The third-order valence-electron chi connectivity index (χ3n) is 3.64. The largest absolute Gasteiger partial charge is 0.365 e. The Labute approximate surface area is 130 Å². The van der Waals surface area contributed by atoms with Gasteiger partial charge in [-0.2, -0.15) is 5.10 Å². The standard InChI is InChI=1S/C13H14ClFN6O/c1-8-11(15)12(17-7-16-8)21-4-2-20(3-5-21)9-6-18-19-13(22)10(9)14/h6-7H,2-5H2,1H3,(H,19,22). The number of aryl methyl sites for hydroxylation is 1. The molecule has 0 aliphatic carbocycles. The van der Waals surface area contributed by atoms with E-state index in [9.17, 15) is 9.18 Å². The average Bonchev–Trinajstić information content (AvgIpc) is 2.53. The van der Waals surface area contributed by atoms with Gasteiger partial charge in [0.05, 0.1) is 17.6 Å². The highest BCUT2D eigenvalue weighted by atomic mass is 35.5. The highest BCUT2D eigenvalue weighted by molar-refractivity contribution is 6.33. The van der Waals surface area contributed by atoms with E-state index in [2.05, 4.69) is 20.2 Å². The lowest BCUT2D eigenvalue weighted by Crippen LogP contribution is -2.47. The maximum absolute atomic E-state index is 14.1. The van der Waals surface area contributed by atoms with E-state index in [1.165, 1.54) is 12.5 Å². The fraction of sp³-hybridized carbons (Fsp3) is 0.385. The minimum Gasteiger partial charge on any atom is -0.365 e. The third kappa shape index (κ3) is 2.61. The first kappa shape index (κ1) is 14.7. The van der Waals surface area contributed by atoms with Crippen molar-refractivity contribution in [3.05, 3.63) is 39.4 Å². The molecule has 0 saturated carbocycles. The molecule has 0 amide bonds. The molecule has 1 aliphatic rings. The van der Waals surface area contributed by atoms with Gasteiger partial charge in [0.1, 0.15) is 11.3 Å². The number of hydrogen-bond acceptors (Lipinski definition) is 6. The summed E-state index contributed by atoms with van der Waals surface area (Å²) < 4.78 is 14.1. The third-order valence-corrected chi connectivity index (χ3v) is 4.01. The van der Waals surface area contributed by atoms with Gasteiger partial charge in [0.25, 0.3) is 5.56 Å². The summed E-state index contributed by atoms with van der Waals surface area (Å²) in [6.45, 7) is 3.92. The monoisotopic (exact) mass is 324 g/mol. The topological polar surface area (TPSA) is 78.0 Å². The highest BCUT2D eigenvalue weighted by Gasteiger charge is 2.23. The predicted octanol–water partition coefficient (Wildman–Crippen LogP) is 0.987. The Balaban J connectivity index is 1.77. The van der Waals surface area contributed by atoms with Gasteiger partial charge < -0.3 is 9.80 Å². The first-order chi connectivity index (χ1) is 10.6. The summed E-state index contributed by atoms with van der Waals surface area (Å²) >= 11 is 6.01. The molecule has 0 bridgehead atoms. The number of rotatable bonds is 2. The Kier molecular flexibility index (Phi) is 3.93. The summed E-state index contributed by atoms with van der Waals surface area (Å²) in [6, 6.07) is 0. The van der Waals surface area contributed by atoms with Crippen LogP contribution in [0.4, 0.5) is 15.9 Å². The van der Waals surface area contributed by atoms with Crippen molar-refractivity contribution in [2.45, 2.75) is 6.92 Å². The van der Waals surface area contributed by atoms with Gasteiger partial charge in [0, 0.05) is 26.2 Å². The van der Waals surface area contributed by atoms with Gasteiger partial charge in [-0.3, -0.25) is 4.79 Å². The zero-order chi connectivity index (χ0) is 15.7. The van der Waals surface area contributed by atoms with E-state index < -0.39 is 11.4 Å². The van der Waals surface area contributed by atoms with Gasteiger partial charge in [0.2, 0.25) is 0 Å². The molecule has 3 rings (SSSR count). The summed E-state index contributed by atoms with van der Waals surface area (Å²) in [5, 5.41) is 6.17. The van der Waals surface area contributed by atoms with Crippen molar-refractivity contribution in [2.24, 2.45) is 0 Å². The molecular weight excluding hydrogens is 311 g/mol. The second-order valence-corrected chi connectivity index (χ2v) is 5.35.